The minimum absolute atomic E-state index is 0.118. The fourth-order valence-electron chi connectivity index (χ4n) is 2.14. The van der Waals surface area contributed by atoms with Crippen molar-refractivity contribution in [2.75, 3.05) is 5.32 Å². The molecule has 132 valence electrons. The van der Waals surface area contributed by atoms with Crippen LogP contribution in [0, 0.1) is 11.6 Å². The van der Waals surface area contributed by atoms with Gasteiger partial charge in [-0.05, 0) is 23.8 Å². The standard InChI is InChI=1S/C18H13ClF2N4O/c19-13-4-2-1-3-11(13)8-24-18(26)16-9-23-17(10-22-16)25-12-5-6-14(20)15(21)7-12/h1-7,9-10H,8H2,(H,23,25)(H,24,26). The van der Waals surface area contributed by atoms with Gasteiger partial charge in [0.2, 0.25) is 0 Å². The highest BCUT2D eigenvalue weighted by molar-refractivity contribution is 6.31. The summed E-state index contributed by atoms with van der Waals surface area (Å²) in [7, 11) is 0. The number of anilines is 2. The molecule has 0 spiro atoms. The number of carbonyl (C=O) groups is 1. The van der Waals surface area contributed by atoms with Crippen LogP contribution in [0.25, 0.3) is 0 Å². The third kappa shape index (κ3) is 4.31. The zero-order valence-corrected chi connectivity index (χ0v) is 14.1. The first-order chi connectivity index (χ1) is 12.5. The van der Waals surface area contributed by atoms with E-state index >= 15 is 0 Å². The molecule has 1 amide bonds. The second-order valence-corrected chi connectivity index (χ2v) is 5.72. The first-order valence-electron chi connectivity index (χ1n) is 7.58. The average molecular weight is 375 g/mol. The molecule has 0 unspecified atom stereocenters. The molecule has 5 nitrogen and oxygen atoms in total. The van der Waals surface area contributed by atoms with E-state index in [9.17, 15) is 13.6 Å². The molecule has 3 aromatic rings. The van der Waals surface area contributed by atoms with Crippen LogP contribution in [-0.4, -0.2) is 15.9 Å². The Balaban J connectivity index is 1.62. The molecule has 0 fully saturated rings. The lowest BCUT2D eigenvalue weighted by atomic mass is 10.2. The number of benzene rings is 2. The zero-order chi connectivity index (χ0) is 18.5. The predicted octanol–water partition coefficient (Wildman–Crippen LogP) is 4.08. The topological polar surface area (TPSA) is 66.9 Å². The summed E-state index contributed by atoms with van der Waals surface area (Å²) < 4.78 is 26.1. The van der Waals surface area contributed by atoms with Gasteiger partial charge in [-0.25, -0.2) is 18.7 Å². The third-order valence-corrected chi connectivity index (χ3v) is 3.84. The van der Waals surface area contributed by atoms with Gasteiger partial charge in [-0.3, -0.25) is 4.79 Å². The number of hydrogen-bond donors (Lipinski definition) is 2. The van der Waals surface area contributed by atoms with Crippen LogP contribution < -0.4 is 10.6 Å². The van der Waals surface area contributed by atoms with Crippen LogP contribution in [0.4, 0.5) is 20.3 Å². The summed E-state index contributed by atoms with van der Waals surface area (Å²) in [5.41, 5.74) is 1.22. The maximum absolute atomic E-state index is 13.2. The number of amides is 1. The Morgan fingerprint density at radius 1 is 1.04 bits per heavy atom. The fraction of sp³-hybridized carbons (Fsp3) is 0.0556. The second kappa shape index (κ2) is 7.88. The highest BCUT2D eigenvalue weighted by atomic mass is 35.5. The summed E-state index contributed by atoms with van der Waals surface area (Å²) in [6, 6.07) is 10.5. The summed E-state index contributed by atoms with van der Waals surface area (Å²) in [6.45, 7) is 0.259. The van der Waals surface area contributed by atoms with E-state index < -0.39 is 17.5 Å². The first-order valence-corrected chi connectivity index (χ1v) is 7.96. The van der Waals surface area contributed by atoms with Crippen LogP contribution in [0.5, 0.6) is 0 Å². The van der Waals surface area contributed by atoms with Crippen LogP contribution in [0.15, 0.2) is 54.9 Å². The Morgan fingerprint density at radius 3 is 2.54 bits per heavy atom. The van der Waals surface area contributed by atoms with E-state index in [-0.39, 0.29) is 12.2 Å². The van der Waals surface area contributed by atoms with Gasteiger partial charge in [0.05, 0.1) is 12.4 Å². The Kier molecular flexibility index (Phi) is 5.38. The summed E-state index contributed by atoms with van der Waals surface area (Å²) in [4.78, 5) is 20.2. The maximum atomic E-state index is 13.2. The van der Waals surface area contributed by atoms with E-state index in [1.807, 2.05) is 12.1 Å². The minimum Gasteiger partial charge on any atom is -0.347 e. The number of carbonyl (C=O) groups excluding carboxylic acids is 1. The van der Waals surface area contributed by atoms with Crippen LogP contribution in [0.2, 0.25) is 5.02 Å². The van der Waals surface area contributed by atoms with Crippen LogP contribution in [0.3, 0.4) is 0 Å². The van der Waals surface area contributed by atoms with Crippen molar-refractivity contribution in [2.24, 2.45) is 0 Å². The summed E-state index contributed by atoms with van der Waals surface area (Å²) in [5, 5.41) is 6.04. The van der Waals surface area contributed by atoms with Gasteiger partial charge in [-0.1, -0.05) is 29.8 Å². The number of aromatic nitrogens is 2. The summed E-state index contributed by atoms with van der Waals surface area (Å²) in [6.07, 6.45) is 2.61. The first kappa shape index (κ1) is 17.8. The average Bonchev–Trinajstić information content (AvgIpc) is 2.64. The van der Waals surface area contributed by atoms with Gasteiger partial charge in [0.15, 0.2) is 11.6 Å². The van der Waals surface area contributed by atoms with E-state index in [0.717, 1.165) is 17.7 Å². The quantitative estimate of drug-likeness (QED) is 0.706. The molecule has 0 radical (unpaired) electrons. The van der Waals surface area contributed by atoms with Crippen molar-refractivity contribution in [3.05, 3.63) is 82.8 Å². The molecule has 0 saturated carbocycles. The molecular weight excluding hydrogens is 362 g/mol. The lowest BCUT2D eigenvalue weighted by Gasteiger charge is -2.08. The Hall–Kier alpha value is -3.06. The molecule has 0 aliphatic rings. The minimum atomic E-state index is -0.974. The van der Waals surface area contributed by atoms with Gasteiger partial charge in [0.25, 0.3) is 5.91 Å². The molecule has 0 aliphatic heterocycles. The lowest BCUT2D eigenvalue weighted by Crippen LogP contribution is -2.24. The van der Waals surface area contributed by atoms with E-state index in [1.54, 1.807) is 12.1 Å². The van der Waals surface area contributed by atoms with Gasteiger partial charge in [-0.15, -0.1) is 0 Å². The smallest absolute Gasteiger partial charge is 0.271 e. The number of nitrogens with one attached hydrogen (secondary N) is 2. The molecule has 1 aromatic heterocycles. The van der Waals surface area contributed by atoms with Gasteiger partial charge in [-0.2, -0.15) is 0 Å². The highest BCUT2D eigenvalue weighted by Crippen LogP contribution is 2.17. The van der Waals surface area contributed by atoms with Crippen molar-refractivity contribution in [1.82, 2.24) is 15.3 Å². The monoisotopic (exact) mass is 374 g/mol. The van der Waals surface area contributed by atoms with Gasteiger partial charge < -0.3 is 10.6 Å². The van der Waals surface area contributed by atoms with Crippen molar-refractivity contribution >= 4 is 29.0 Å². The van der Waals surface area contributed by atoms with Crippen LogP contribution in [-0.2, 0) is 6.54 Å². The Labute approximate surface area is 153 Å². The summed E-state index contributed by atoms with van der Waals surface area (Å²) in [5.74, 6) is -2.03. The van der Waals surface area contributed by atoms with Crippen molar-refractivity contribution in [3.63, 3.8) is 0 Å². The molecule has 1 heterocycles. The van der Waals surface area contributed by atoms with Crippen molar-refractivity contribution in [3.8, 4) is 0 Å². The number of rotatable bonds is 5. The fourth-order valence-corrected chi connectivity index (χ4v) is 2.34. The number of halogens is 3. The van der Waals surface area contributed by atoms with Crippen LogP contribution >= 0.6 is 11.6 Å². The third-order valence-electron chi connectivity index (χ3n) is 3.47. The molecule has 3 rings (SSSR count). The lowest BCUT2D eigenvalue weighted by molar-refractivity contribution is 0.0945. The molecule has 0 atom stereocenters. The van der Waals surface area contributed by atoms with E-state index in [2.05, 4.69) is 20.6 Å². The molecule has 0 saturated heterocycles. The van der Waals surface area contributed by atoms with E-state index in [1.165, 1.54) is 18.5 Å². The molecule has 0 aliphatic carbocycles. The summed E-state index contributed by atoms with van der Waals surface area (Å²) >= 11 is 6.03. The van der Waals surface area contributed by atoms with Crippen molar-refractivity contribution < 1.29 is 13.6 Å². The van der Waals surface area contributed by atoms with Crippen LogP contribution in [0.1, 0.15) is 16.1 Å². The highest BCUT2D eigenvalue weighted by Gasteiger charge is 2.09. The molecule has 8 heteroatoms. The maximum Gasteiger partial charge on any atom is 0.271 e. The second-order valence-electron chi connectivity index (χ2n) is 5.31. The van der Waals surface area contributed by atoms with Crippen molar-refractivity contribution in [1.29, 1.82) is 0 Å². The normalized spacial score (nSPS) is 10.4. The molecule has 26 heavy (non-hydrogen) atoms. The molecule has 0 bridgehead atoms. The predicted molar refractivity (Wildman–Crippen MR) is 94.3 cm³/mol. The molecule has 2 aromatic carbocycles. The van der Waals surface area contributed by atoms with E-state index in [0.29, 0.717) is 16.5 Å². The molecule has 2 N–H and O–H groups in total. The SMILES string of the molecule is O=C(NCc1ccccc1Cl)c1cnc(Nc2ccc(F)c(F)c2)cn1. The van der Waals surface area contributed by atoms with Crippen molar-refractivity contribution in [2.45, 2.75) is 6.54 Å². The largest absolute Gasteiger partial charge is 0.347 e. The van der Waals surface area contributed by atoms with E-state index in [4.69, 9.17) is 11.6 Å². The van der Waals surface area contributed by atoms with Gasteiger partial charge in [0.1, 0.15) is 11.5 Å². The Bertz CT molecular complexity index is 935. The van der Waals surface area contributed by atoms with Gasteiger partial charge >= 0.3 is 0 Å². The number of hydrogen-bond acceptors (Lipinski definition) is 4. The van der Waals surface area contributed by atoms with Gasteiger partial charge in [0, 0.05) is 23.3 Å². The zero-order valence-electron chi connectivity index (χ0n) is 13.3. The molecular formula is C18H13ClF2N4O. The number of nitrogens with zero attached hydrogens (tertiary/aromatic N) is 2. The Morgan fingerprint density at radius 2 is 1.85 bits per heavy atom.